The van der Waals surface area contributed by atoms with Gasteiger partial charge in [-0.2, -0.15) is 0 Å². The molecule has 3 aromatic carbocycles. The lowest BCUT2D eigenvalue weighted by Crippen LogP contribution is -2.07. The fourth-order valence-electron chi connectivity index (χ4n) is 3.46. The highest BCUT2D eigenvalue weighted by molar-refractivity contribution is 9.11. The zero-order valence-corrected chi connectivity index (χ0v) is 19.2. The maximum absolute atomic E-state index is 13.5. The van der Waals surface area contributed by atoms with Gasteiger partial charge in [-0.3, -0.25) is 0 Å². The molecule has 0 saturated heterocycles. The number of hydrogen-bond acceptors (Lipinski definition) is 0. The summed E-state index contributed by atoms with van der Waals surface area (Å²) in [5.41, 5.74) is 2.86. The predicted octanol–water partition coefficient (Wildman–Crippen LogP) is 8.40. The van der Waals surface area contributed by atoms with Crippen LogP contribution in [-0.2, 0) is 0 Å². The topological polar surface area (TPSA) is 0 Å². The Balaban J connectivity index is 1.83. The quantitative estimate of drug-likeness (QED) is 0.274. The number of allylic oxidation sites excluding steroid dienone is 4. The average molecular weight is 565 g/mol. The van der Waals surface area contributed by atoms with Gasteiger partial charge in [-0.25, -0.2) is 8.78 Å². The normalized spacial score (nSPS) is 19.1. The molecular weight excluding hydrogens is 553 g/mol. The van der Waals surface area contributed by atoms with Crippen LogP contribution in [0.5, 0.6) is 0 Å². The minimum absolute atomic E-state index is 0.108. The Labute approximate surface area is 188 Å². The van der Waals surface area contributed by atoms with Gasteiger partial charge in [0.2, 0.25) is 0 Å². The van der Waals surface area contributed by atoms with Crippen molar-refractivity contribution in [1.29, 1.82) is 0 Å². The van der Waals surface area contributed by atoms with E-state index in [-0.39, 0.29) is 17.6 Å². The molecule has 3 aromatic rings. The van der Waals surface area contributed by atoms with Gasteiger partial charge in [-0.15, -0.1) is 0 Å². The lowest BCUT2D eigenvalue weighted by Gasteiger charge is -2.24. The zero-order valence-electron chi connectivity index (χ0n) is 14.4. The molecule has 0 N–H and O–H groups in total. The maximum Gasteiger partial charge on any atom is 0.124 e. The van der Waals surface area contributed by atoms with Crippen molar-refractivity contribution in [3.8, 4) is 11.1 Å². The minimum Gasteiger partial charge on any atom is -0.207 e. The van der Waals surface area contributed by atoms with Crippen molar-refractivity contribution in [1.82, 2.24) is 0 Å². The summed E-state index contributed by atoms with van der Waals surface area (Å²) in [4.78, 5) is 0. The molecule has 2 atom stereocenters. The lowest BCUT2D eigenvalue weighted by atomic mass is 9.71. The van der Waals surface area contributed by atoms with Crippen LogP contribution in [0.25, 0.3) is 21.9 Å². The first-order valence-corrected chi connectivity index (χ1v) is 10.9. The van der Waals surface area contributed by atoms with Crippen LogP contribution in [0.3, 0.4) is 0 Å². The molecule has 0 saturated carbocycles. The zero-order chi connectivity index (χ0) is 20.0. The Morgan fingerprint density at radius 2 is 1.46 bits per heavy atom. The van der Waals surface area contributed by atoms with Gasteiger partial charge in [0.1, 0.15) is 11.6 Å². The number of fused-ring (bicyclic) bond motifs is 1. The van der Waals surface area contributed by atoms with Crippen LogP contribution >= 0.6 is 47.8 Å². The van der Waals surface area contributed by atoms with Crippen molar-refractivity contribution in [3.05, 3.63) is 91.3 Å². The van der Waals surface area contributed by atoms with Gasteiger partial charge in [0.15, 0.2) is 0 Å². The van der Waals surface area contributed by atoms with E-state index < -0.39 is 5.82 Å². The maximum atomic E-state index is 13.5. The molecule has 0 fully saturated rings. The van der Waals surface area contributed by atoms with Crippen LogP contribution < -0.4 is 0 Å². The van der Waals surface area contributed by atoms with Crippen molar-refractivity contribution in [2.75, 3.05) is 0 Å². The standard InChI is InChI=1S/C22H12BBr3F2/c23-19-9-13(27)1-3-15(19)17-5-11-8-21(25)18(6-12(11)7-20(17)24)16-4-2-14(28)10-22(16)26/h1-10,15,19H. The van der Waals surface area contributed by atoms with E-state index in [1.54, 1.807) is 12.1 Å². The number of rotatable bonds is 2. The van der Waals surface area contributed by atoms with Gasteiger partial charge in [-0.1, -0.05) is 66.0 Å². The first-order chi connectivity index (χ1) is 13.3. The highest BCUT2D eigenvalue weighted by Crippen LogP contribution is 2.42. The van der Waals surface area contributed by atoms with Crippen LogP contribution in [0.2, 0.25) is 5.82 Å². The van der Waals surface area contributed by atoms with Gasteiger partial charge in [0, 0.05) is 19.3 Å². The van der Waals surface area contributed by atoms with E-state index in [1.807, 2.05) is 12.1 Å². The molecule has 0 nitrogen and oxygen atoms in total. The van der Waals surface area contributed by atoms with Gasteiger partial charge >= 0.3 is 0 Å². The van der Waals surface area contributed by atoms with Crippen molar-refractivity contribution in [3.63, 3.8) is 0 Å². The predicted molar refractivity (Wildman–Crippen MR) is 123 cm³/mol. The van der Waals surface area contributed by atoms with Crippen molar-refractivity contribution >= 4 is 66.4 Å². The van der Waals surface area contributed by atoms with Crippen molar-refractivity contribution < 1.29 is 8.78 Å². The van der Waals surface area contributed by atoms with Gasteiger partial charge in [-0.05, 0) is 75.8 Å². The molecule has 138 valence electrons. The second kappa shape index (κ2) is 7.89. The third kappa shape index (κ3) is 3.79. The summed E-state index contributed by atoms with van der Waals surface area (Å²) in [6.07, 6.45) is 4.69. The SMILES string of the molecule is [B]C1C=C(F)C=CC1c1cc2cc(Br)c(-c3ccc(F)cc3Br)cc2cc1Br. The van der Waals surface area contributed by atoms with Gasteiger partial charge < -0.3 is 0 Å². The molecule has 0 spiro atoms. The van der Waals surface area contributed by atoms with E-state index in [1.165, 1.54) is 24.3 Å². The number of halogens is 5. The summed E-state index contributed by atoms with van der Waals surface area (Å²) in [5.74, 6) is -1.13. The van der Waals surface area contributed by atoms with Crippen LogP contribution in [0, 0.1) is 5.82 Å². The number of hydrogen-bond donors (Lipinski definition) is 0. The summed E-state index contributed by atoms with van der Waals surface area (Å²) < 4.78 is 29.4. The van der Waals surface area contributed by atoms with Crippen molar-refractivity contribution in [2.24, 2.45) is 0 Å². The second-order valence-electron chi connectivity index (χ2n) is 6.69. The first-order valence-electron chi connectivity index (χ1n) is 8.53. The third-order valence-electron chi connectivity index (χ3n) is 4.85. The second-order valence-corrected chi connectivity index (χ2v) is 9.25. The largest absolute Gasteiger partial charge is 0.207 e. The smallest absolute Gasteiger partial charge is 0.124 e. The third-order valence-corrected chi connectivity index (χ3v) is 6.85. The van der Waals surface area contributed by atoms with Crippen molar-refractivity contribution in [2.45, 2.75) is 11.7 Å². The van der Waals surface area contributed by atoms with Crippen LogP contribution in [0.1, 0.15) is 11.5 Å². The van der Waals surface area contributed by atoms with E-state index in [0.717, 1.165) is 36.4 Å². The summed E-state index contributed by atoms with van der Waals surface area (Å²) >= 11 is 10.7. The molecule has 0 amide bonds. The Hall–Kier alpha value is -1.24. The summed E-state index contributed by atoms with van der Waals surface area (Å²) in [7, 11) is 6.14. The Morgan fingerprint density at radius 1 is 0.786 bits per heavy atom. The molecule has 1 aliphatic rings. The van der Waals surface area contributed by atoms with E-state index >= 15 is 0 Å². The Kier molecular flexibility index (Phi) is 5.65. The summed E-state index contributed by atoms with van der Waals surface area (Å²) in [6, 6.07) is 12.8. The molecule has 0 aliphatic heterocycles. The Bertz CT molecular complexity index is 1150. The lowest BCUT2D eigenvalue weighted by molar-refractivity contribution is 0.627. The Morgan fingerprint density at radius 3 is 2.18 bits per heavy atom. The fourth-order valence-corrected chi connectivity index (χ4v) is 5.22. The van der Waals surface area contributed by atoms with Gasteiger partial charge in [0.05, 0.1) is 7.85 Å². The molecule has 0 heterocycles. The van der Waals surface area contributed by atoms with Crippen LogP contribution in [0.15, 0.2) is 79.9 Å². The monoisotopic (exact) mass is 562 g/mol. The van der Waals surface area contributed by atoms with Gasteiger partial charge in [0.25, 0.3) is 0 Å². The van der Waals surface area contributed by atoms with Crippen LogP contribution in [0.4, 0.5) is 8.78 Å². The summed E-state index contributed by atoms with van der Waals surface area (Å²) in [6.45, 7) is 0. The van der Waals surface area contributed by atoms with Crippen LogP contribution in [-0.4, -0.2) is 7.85 Å². The van der Waals surface area contributed by atoms with E-state index in [4.69, 9.17) is 7.85 Å². The van der Waals surface area contributed by atoms with E-state index in [2.05, 4.69) is 59.9 Å². The molecular formula is C22H12BBr3F2. The highest BCUT2D eigenvalue weighted by atomic mass is 79.9. The van der Waals surface area contributed by atoms with E-state index in [9.17, 15) is 8.78 Å². The average Bonchev–Trinajstić information content (AvgIpc) is 2.62. The molecule has 0 aromatic heterocycles. The van der Waals surface area contributed by atoms with E-state index in [0.29, 0.717) is 4.47 Å². The summed E-state index contributed by atoms with van der Waals surface area (Å²) in [5, 5.41) is 2.06. The number of benzene rings is 3. The molecule has 0 bridgehead atoms. The molecule has 1 aliphatic carbocycles. The molecule has 4 rings (SSSR count). The first kappa shape index (κ1) is 20.1. The highest BCUT2D eigenvalue weighted by Gasteiger charge is 2.21. The molecule has 6 heteroatoms. The molecule has 28 heavy (non-hydrogen) atoms. The molecule has 2 radical (unpaired) electrons. The minimum atomic E-state index is -0.420. The fraction of sp³-hybridized carbons (Fsp3) is 0.0909. The molecule has 2 unspecified atom stereocenters.